The number of benzene rings is 3. The Hall–Kier alpha value is -4.59. The summed E-state index contributed by atoms with van der Waals surface area (Å²) in [5, 5.41) is 5.63. The number of anilines is 1. The molecule has 180 valence electrons. The van der Waals surface area contributed by atoms with E-state index in [1.165, 1.54) is 18.2 Å². The van der Waals surface area contributed by atoms with E-state index < -0.39 is 6.16 Å². The lowest BCUT2D eigenvalue weighted by molar-refractivity contribution is -0.116. The largest absolute Gasteiger partial charge is 0.513 e. The van der Waals surface area contributed by atoms with Crippen molar-refractivity contribution in [2.45, 2.75) is 13.5 Å². The van der Waals surface area contributed by atoms with E-state index in [4.69, 9.17) is 14.2 Å². The van der Waals surface area contributed by atoms with E-state index in [0.29, 0.717) is 23.5 Å². The molecule has 3 aromatic rings. The van der Waals surface area contributed by atoms with Gasteiger partial charge in [0.25, 0.3) is 5.91 Å². The van der Waals surface area contributed by atoms with Gasteiger partial charge in [-0.15, -0.1) is 0 Å². The second-order valence-electron chi connectivity index (χ2n) is 7.29. The lowest BCUT2D eigenvalue weighted by Gasteiger charge is -2.09. The molecule has 3 aromatic carbocycles. The fourth-order valence-corrected chi connectivity index (χ4v) is 3.05. The van der Waals surface area contributed by atoms with E-state index in [9.17, 15) is 14.4 Å². The van der Waals surface area contributed by atoms with E-state index in [1.54, 1.807) is 50.4 Å². The number of nitrogens with one attached hydrogen (secondary N) is 2. The first kappa shape index (κ1) is 25.0. The van der Waals surface area contributed by atoms with Crippen molar-refractivity contribution < 1.29 is 28.6 Å². The van der Waals surface area contributed by atoms with Gasteiger partial charge in [0.1, 0.15) is 11.5 Å². The van der Waals surface area contributed by atoms with Crippen LogP contribution in [0.2, 0.25) is 0 Å². The summed E-state index contributed by atoms with van der Waals surface area (Å²) in [6.07, 6.45) is 2.36. The summed E-state index contributed by atoms with van der Waals surface area (Å²) in [6.45, 7) is 2.19. The molecule has 35 heavy (non-hydrogen) atoms. The van der Waals surface area contributed by atoms with Crippen LogP contribution in [0.4, 0.5) is 10.5 Å². The third kappa shape index (κ3) is 8.04. The maximum absolute atomic E-state index is 12.6. The van der Waals surface area contributed by atoms with Crippen molar-refractivity contribution in [2.75, 3.05) is 19.0 Å². The molecule has 2 N–H and O–H groups in total. The second kappa shape index (κ2) is 12.6. The average molecular weight is 475 g/mol. The predicted molar refractivity (Wildman–Crippen MR) is 132 cm³/mol. The number of carbonyl (C=O) groups is 3. The first-order valence-electron chi connectivity index (χ1n) is 10.9. The third-order valence-corrected chi connectivity index (χ3v) is 4.75. The number of methoxy groups -OCH3 is 1. The Balaban J connectivity index is 1.53. The van der Waals surface area contributed by atoms with Gasteiger partial charge in [-0.3, -0.25) is 9.59 Å². The fraction of sp³-hybridized carbons (Fsp3) is 0.148. The zero-order chi connectivity index (χ0) is 25.0. The molecule has 0 bridgehead atoms. The van der Waals surface area contributed by atoms with Gasteiger partial charge in [-0.25, -0.2) is 4.79 Å². The molecule has 0 unspecified atom stereocenters. The van der Waals surface area contributed by atoms with Gasteiger partial charge < -0.3 is 24.8 Å². The molecule has 0 radical (unpaired) electrons. The van der Waals surface area contributed by atoms with E-state index in [-0.39, 0.29) is 24.2 Å². The van der Waals surface area contributed by atoms with Crippen LogP contribution in [0.15, 0.2) is 78.9 Å². The molecule has 0 fully saturated rings. The van der Waals surface area contributed by atoms with Crippen molar-refractivity contribution >= 4 is 29.7 Å². The molecule has 3 rings (SSSR count). The van der Waals surface area contributed by atoms with E-state index in [1.807, 2.05) is 30.3 Å². The number of hydrogen-bond acceptors (Lipinski definition) is 6. The SMILES string of the molecule is CCOC(=O)Oc1ccc(C(=O)Nc2cccc(CNC(=O)/C=C/c3cccc(OC)c3)c2)cc1. The predicted octanol–water partition coefficient (Wildman–Crippen LogP) is 4.81. The van der Waals surface area contributed by atoms with Crippen LogP contribution in [0.1, 0.15) is 28.4 Å². The molecule has 0 saturated heterocycles. The van der Waals surface area contributed by atoms with E-state index in [0.717, 1.165) is 11.1 Å². The molecule has 0 aliphatic rings. The second-order valence-corrected chi connectivity index (χ2v) is 7.29. The van der Waals surface area contributed by atoms with Crippen LogP contribution in [0.3, 0.4) is 0 Å². The first-order chi connectivity index (χ1) is 17.0. The first-order valence-corrected chi connectivity index (χ1v) is 10.9. The molecule has 8 heteroatoms. The van der Waals surface area contributed by atoms with Crippen LogP contribution in [-0.4, -0.2) is 31.7 Å². The molecular weight excluding hydrogens is 448 g/mol. The third-order valence-electron chi connectivity index (χ3n) is 4.75. The summed E-state index contributed by atoms with van der Waals surface area (Å²) < 4.78 is 14.9. The van der Waals surface area contributed by atoms with Gasteiger partial charge in [0.2, 0.25) is 5.91 Å². The smallest absolute Gasteiger partial charge is 0.497 e. The highest BCUT2D eigenvalue weighted by molar-refractivity contribution is 6.04. The lowest BCUT2D eigenvalue weighted by atomic mass is 10.1. The van der Waals surface area contributed by atoms with E-state index in [2.05, 4.69) is 10.6 Å². The summed E-state index contributed by atoms with van der Waals surface area (Å²) in [4.78, 5) is 36.1. The molecule has 0 saturated carbocycles. The Bertz CT molecular complexity index is 1200. The van der Waals surface area contributed by atoms with Crippen molar-refractivity contribution in [3.8, 4) is 11.5 Å². The standard InChI is InChI=1S/C27H26N2O6/c1-3-34-27(32)35-23-13-11-21(12-14-23)26(31)29-22-8-4-7-20(16-22)18-28-25(30)15-10-19-6-5-9-24(17-19)33-2/h4-17H,3,18H2,1-2H3,(H,28,30)(H,29,31)/b15-10+. The molecule has 0 heterocycles. The Kier molecular flexibility index (Phi) is 9.01. The molecular formula is C27H26N2O6. The maximum atomic E-state index is 12.6. The zero-order valence-corrected chi connectivity index (χ0v) is 19.4. The monoisotopic (exact) mass is 474 g/mol. The Morgan fingerprint density at radius 1 is 0.914 bits per heavy atom. The van der Waals surface area contributed by atoms with Crippen molar-refractivity contribution in [1.82, 2.24) is 5.32 Å². The quantitative estimate of drug-likeness (QED) is 0.262. The molecule has 0 spiro atoms. The number of hydrogen-bond donors (Lipinski definition) is 2. The van der Waals surface area contributed by atoms with Gasteiger partial charge >= 0.3 is 6.16 Å². The van der Waals surface area contributed by atoms with Crippen molar-refractivity contribution in [3.05, 3.63) is 95.6 Å². The van der Waals surface area contributed by atoms with Gasteiger partial charge in [-0.1, -0.05) is 24.3 Å². The summed E-state index contributed by atoms with van der Waals surface area (Å²) in [7, 11) is 1.59. The summed E-state index contributed by atoms with van der Waals surface area (Å²) in [6, 6.07) is 20.7. The molecule has 0 atom stereocenters. The zero-order valence-electron chi connectivity index (χ0n) is 19.4. The summed E-state index contributed by atoms with van der Waals surface area (Å²) in [5.41, 5.74) is 2.65. The molecule has 8 nitrogen and oxygen atoms in total. The van der Waals surface area contributed by atoms with Gasteiger partial charge in [-0.2, -0.15) is 0 Å². The van der Waals surface area contributed by atoms with Crippen LogP contribution in [-0.2, 0) is 16.1 Å². The van der Waals surface area contributed by atoms with Crippen LogP contribution in [0.25, 0.3) is 6.08 Å². The highest BCUT2D eigenvalue weighted by atomic mass is 16.7. The van der Waals surface area contributed by atoms with E-state index >= 15 is 0 Å². The maximum Gasteiger partial charge on any atom is 0.513 e. The number of amides is 2. The van der Waals surface area contributed by atoms with Gasteiger partial charge in [0, 0.05) is 23.9 Å². The van der Waals surface area contributed by atoms with Crippen LogP contribution < -0.4 is 20.1 Å². The van der Waals surface area contributed by atoms with Gasteiger partial charge in [-0.05, 0) is 72.7 Å². The number of carbonyl (C=O) groups excluding carboxylic acids is 3. The summed E-state index contributed by atoms with van der Waals surface area (Å²) >= 11 is 0. The van der Waals surface area contributed by atoms with Gasteiger partial charge in [0.15, 0.2) is 0 Å². The Labute approximate surface area is 203 Å². The van der Waals surface area contributed by atoms with Crippen LogP contribution >= 0.6 is 0 Å². The minimum atomic E-state index is -0.801. The molecule has 0 aliphatic heterocycles. The van der Waals surface area contributed by atoms with Crippen molar-refractivity contribution in [3.63, 3.8) is 0 Å². The van der Waals surface area contributed by atoms with Crippen LogP contribution in [0, 0.1) is 0 Å². The molecule has 0 aliphatic carbocycles. The molecule has 0 aromatic heterocycles. The molecule has 2 amide bonds. The fourth-order valence-electron chi connectivity index (χ4n) is 3.05. The van der Waals surface area contributed by atoms with Crippen molar-refractivity contribution in [1.29, 1.82) is 0 Å². The number of ether oxygens (including phenoxy) is 3. The van der Waals surface area contributed by atoms with Crippen molar-refractivity contribution in [2.24, 2.45) is 0 Å². The minimum Gasteiger partial charge on any atom is -0.497 e. The summed E-state index contributed by atoms with van der Waals surface area (Å²) in [5.74, 6) is 0.424. The average Bonchev–Trinajstić information content (AvgIpc) is 2.87. The number of rotatable bonds is 9. The topological polar surface area (TPSA) is 103 Å². The lowest BCUT2D eigenvalue weighted by Crippen LogP contribution is -2.20. The van der Waals surface area contributed by atoms with Crippen LogP contribution in [0.5, 0.6) is 11.5 Å². The highest BCUT2D eigenvalue weighted by Crippen LogP contribution is 2.16. The minimum absolute atomic E-state index is 0.210. The Morgan fingerprint density at radius 3 is 2.43 bits per heavy atom. The normalized spacial score (nSPS) is 10.5. The Morgan fingerprint density at radius 2 is 1.69 bits per heavy atom. The highest BCUT2D eigenvalue weighted by Gasteiger charge is 2.09. The van der Waals surface area contributed by atoms with Gasteiger partial charge in [0.05, 0.1) is 13.7 Å².